The zero-order chi connectivity index (χ0) is 15.3. The second-order valence-electron chi connectivity index (χ2n) is 5.34. The monoisotopic (exact) mass is 312 g/mol. The van der Waals surface area contributed by atoms with Crippen molar-refractivity contribution in [1.82, 2.24) is 4.90 Å². The Morgan fingerprint density at radius 1 is 1.05 bits per heavy atom. The van der Waals surface area contributed by atoms with Gasteiger partial charge in [0.15, 0.2) is 0 Å². The van der Waals surface area contributed by atoms with Crippen LogP contribution in [0.4, 0.5) is 5.69 Å². The molecule has 0 spiro atoms. The molecule has 0 bridgehead atoms. The van der Waals surface area contributed by atoms with Crippen LogP contribution in [0.1, 0.15) is 12.8 Å². The number of nitrogens with two attached hydrogens (primary N) is 2. The van der Waals surface area contributed by atoms with Crippen molar-refractivity contribution < 1.29 is 8.42 Å². The quantitative estimate of drug-likeness (QED) is 0.732. The molecule has 1 aromatic rings. The molecule has 4 N–H and O–H groups in total. The van der Waals surface area contributed by atoms with E-state index < -0.39 is 10.0 Å². The number of piperazine rings is 1. The summed E-state index contributed by atoms with van der Waals surface area (Å²) < 4.78 is 23.3. The summed E-state index contributed by atoms with van der Waals surface area (Å²) in [6, 6.07) is 6.94. The maximum absolute atomic E-state index is 11.7. The lowest BCUT2D eigenvalue weighted by Gasteiger charge is -2.36. The molecule has 21 heavy (non-hydrogen) atoms. The molecule has 0 unspecified atom stereocenters. The first-order valence-electron chi connectivity index (χ1n) is 7.31. The zero-order valence-corrected chi connectivity index (χ0v) is 13.1. The SMILES string of the molecule is NCCCCN1CCN(c2ccccc2S(N)(=O)=O)CC1. The summed E-state index contributed by atoms with van der Waals surface area (Å²) in [4.78, 5) is 4.70. The third-order valence-electron chi connectivity index (χ3n) is 3.81. The molecule has 2 rings (SSSR count). The van der Waals surface area contributed by atoms with Crippen LogP contribution in [0.5, 0.6) is 0 Å². The van der Waals surface area contributed by atoms with Gasteiger partial charge in [-0.1, -0.05) is 12.1 Å². The Morgan fingerprint density at radius 2 is 1.71 bits per heavy atom. The van der Waals surface area contributed by atoms with Gasteiger partial charge in [0.05, 0.1) is 5.69 Å². The zero-order valence-electron chi connectivity index (χ0n) is 12.2. The second-order valence-corrected chi connectivity index (χ2v) is 6.87. The molecule has 1 aliphatic rings. The minimum Gasteiger partial charge on any atom is -0.368 e. The van der Waals surface area contributed by atoms with Crippen molar-refractivity contribution in [3.05, 3.63) is 24.3 Å². The topological polar surface area (TPSA) is 92.7 Å². The van der Waals surface area contributed by atoms with Gasteiger partial charge in [0.2, 0.25) is 10.0 Å². The first-order valence-corrected chi connectivity index (χ1v) is 8.86. The highest BCUT2D eigenvalue weighted by Crippen LogP contribution is 2.25. The maximum Gasteiger partial charge on any atom is 0.240 e. The first kappa shape index (κ1) is 16.2. The predicted octanol–water partition coefficient (Wildman–Crippen LogP) is 0.195. The molecule has 0 aliphatic carbocycles. The van der Waals surface area contributed by atoms with E-state index in [1.807, 2.05) is 12.1 Å². The highest BCUT2D eigenvalue weighted by Gasteiger charge is 2.22. The third-order valence-corrected chi connectivity index (χ3v) is 4.77. The van der Waals surface area contributed by atoms with Crippen molar-refractivity contribution in [3.8, 4) is 0 Å². The largest absolute Gasteiger partial charge is 0.368 e. The smallest absolute Gasteiger partial charge is 0.240 e. The Balaban J connectivity index is 2.00. The number of rotatable bonds is 6. The van der Waals surface area contributed by atoms with Gasteiger partial charge in [-0.2, -0.15) is 0 Å². The van der Waals surface area contributed by atoms with Crippen molar-refractivity contribution >= 4 is 15.7 Å². The number of para-hydroxylation sites is 1. The van der Waals surface area contributed by atoms with Crippen LogP contribution in [-0.4, -0.2) is 52.6 Å². The van der Waals surface area contributed by atoms with Gasteiger partial charge in [-0.15, -0.1) is 0 Å². The van der Waals surface area contributed by atoms with E-state index in [2.05, 4.69) is 9.80 Å². The average molecular weight is 312 g/mol. The highest BCUT2D eigenvalue weighted by molar-refractivity contribution is 7.89. The van der Waals surface area contributed by atoms with Gasteiger partial charge < -0.3 is 10.6 Å². The van der Waals surface area contributed by atoms with E-state index in [-0.39, 0.29) is 4.90 Å². The van der Waals surface area contributed by atoms with Crippen LogP contribution in [0.15, 0.2) is 29.2 Å². The number of hydrogen-bond acceptors (Lipinski definition) is 5. The Kier molecular flexibility index (Phi) is 5.58. The van der Waals surface area contributed by atoms with Gasteiger partial charge in [0, 0.05) is 26.2 Å². The minimum atomic E-state index is -3.68. The summed E-state index contributed by atoms with van der Waals surface area (Å²) in [5.74, 6) is 0. The van der Waals surface area contributed by atoms with Gasteiger partial charge in [-0.3, -0.25) is 4.90 Å². The molecule has 7 heteroatoms. The molecular formula is C14H24N4O2S. The molecule has 1 fully saturated rings. The van der Waals surface area contributed by atoms with Gasteiger partial charge >= 0.3 is 0 Å². The average Bonchev–Trinajstić information content (AvgIpc) is 2.47. The van der Waals surface area contributed by atoms with E-state index in [4.69, 9.17) is 10.9 Å². The highest BCUT2D eigenvalue weighted by atomic mass is 32.2. The molecule has 0 amide bonds. The summed E-state index contributed by atoms with van der Waals surface area (Å²) in [7, 11) is -3.68. The fourth-order valence-electron chi connectivity index (χ4n) is 2.65. The van der Waals surface area contributed by atoms with E-state index >= 15 is 0 Å². The molecule has 1 aromatic carbocycles. The summed E-state index contributed by atoms with van der Waals surface area (Å²) in [5, 5.41) is 5.30. The van der Waals surface area contributed by atoms with Crippen LogP contribution in [0.2, 0.25) is 0 Å². The van der Waals surface area contributed by atoms with Crippen LogP contribution in [-0.2, 0) is 10.0 Å². The number of anilines is 1. The van der Waals surface area contributed by atoms with E-state index in [0.29, 0.717) is 5.69 Å². The van der Waals surface area contributed by atoms with Gasteiger partial charge in [-0.05, 0) is 38.1 Å². The van der Waals surface area contributed by atoms with Gasteiger partial charge in [0.25, 0.3) is 0 Å². The molecule has 0 saturated carbocycles. The van der Waals surface area contributed by atoms with Crippen LogP contribution in [0.3, 0.4) is 0 Å². The van der Waals surface area contributed by atoms with Crippen molar-refractivity contribution in [2.24, 2.45) is 10.9 Å². The lowest BCUT2D eigenvalue weighted by atomic mass is 10.2. The molecule has 6 nitrogen and oxygen atoms in total. The standard InChI is InChI=1S/C14H24N4O2S/c15-7-3-4-8-17-9-11-18(12-10-17)13-5-1-2-6-14(13)21(16,19)20/h1-2,5-6H,3-4,7-12,15H2,(H2,16,19,20). The lowest BCUT2D eigenvalue weighted by molar-refractivity contribution is 0.253. The van der Waals surface area contributed by atoms with Crippen LogP contribution in [0.25, 0.3) is 0 Å². The Hall–Kier alpha value is -1.15. The van der Waals surface area contributed by atoms with E-state index in [0.717, 1.165) is 52.1 Å². The molecule has 1 aliphatic heterocycles. The second kappa shape index (κ2) is 7.22. The normalized spacial score (nSPS) is 17.1. The van der Waals surface area contributed by atoms with Crippen molar-refractivity contribution in [2.75, 3.05) is 44.2 Å². The van der Waals surface area contributed by atoms with Crippen molar-refractivity contribution in [3.63, 3.8) is 0 Å². The van der Waals surface area contributed by atoms with Crippen LogP contribution < -0.4 is 15.8 Å². The van der Waals surface area contributed by atoms with Crippen LogP contribution in [0, 0.1) is 0 Å². The Morgan fingerprint density at radius 3 is 2.33 bits per heavy atom. The van der Waals surface area contributed by atoms with Crippen molar-refractivity contribution in [1.29, 1.82) is 0 Å². The fourth-order valence-corrected chi connectivity index (χ4v) is 3.41. The predicted molar refractivity (Wildman–Crippen MR) is 84.8 cm³/mol. The van der Waals surface area contributed by atoms with E-state index in [9.17, 15) is 8.42 Å². The molecule has 0 radical (unpaired) electrons. The minimum absolute atomic E-state index is 0.210. The number of unbranched alkanes of at least 4 members (excludes halogenated alkanes) is 1. The van der Waals surface area contributed by atoms with Crippen LogP contribution >= 0.6 is 0 Å². The number of sulfonamides is 1. The van der Waals surface area contributed by atoms with Gasteiger partial charge in [-0.25, -0.2) is 13.6 Å². The summed E-state index contributed by atoms with van der Waals surface area (Å²) >= 11 is 0. The number of hydrogen-bond donors (Lipinski definition) is 2. The number of benzene rings is 1. The number of nitrogens with zero attached hydrogens (tertiary/aromatic N) is 2. The van der Waals surface area contributed by atoms with E-state index in [1.54, 1.807) is 12.1 Å². The molecule has 118 valence electrons. The Labute approximate surface area is 126 Å². The van der Waals surface area contributed by atoms with E-state index in [1.165, 1.54) is 0 Å². The maximum atomic E-state index is 11.7. The fraction of sp³-hybridized carbons (Fsp3) is 0.571. The molecule has 0 aromatic heterocycles. The molecule has 1 saturated heterocycles. The first-order chi connectivity index (χ1) is 10.0. The summed E-state index contributed by atoms with van der Waals surface area (Å²) in [5.41, 5.74) is 6.21. The van der Waals surface area contributed by atoms with Crippen molar-refractivity contribution in [2.45, 2.75) is 17.7 Å². The van der Waals surface area contributed by atoms with Gasteiger partial charge in [0.1, 0.15) is 4.90 Å². The summed E-state index contributed by atoms with van der Waals surface area (Å²) in [6.07, 6.45) is 2.17. The Bertz CT molecular complexity index is 554. The number of primary sulfonamides is 1. The molecule has 1 heterocycles. The molecule has 0 atom stereocenters. The lowest BCUT2D eigenvalue weighted by Crippen LogP contribution is -2.47. The third kappa shape index (κ3) is 4.41. The summed E-state index contributed by atoms with van der Waals surface area (Å²) in [6.45, 7) is 5.29. The molecular weight excluding hydrogens is 288 g/mol.